The van der Waals surface area contributed by atoms with Crippen LogP contribution in [0.3, 0.4) is 0 Å². The first-order valence-corrected chi connectivity index (χ1v) is 41.7. The van der Waals surface area contributed by atoms with E-state index >= 15 is 0 Å². The summed E-state index contributed by atoms with van der Waals surface area (Å²) in [5, 5.41) is 34.5. The predicted molar refractivity (Wildman–Crippen MR) is 478 cm³/mol. The quantitative estimate of drug-likeness (QED) is 0.126. The Labute approximate surface area is 659 Å². The molecular formula is C99H63N8O2PS3. The van der Waals surface area contributed by atoms with Crippen LogP contribution >= 0.6 is 41.2 Å². The van der Waals surface area contributed by atoms with Crippen molar-refractivity contribution in [3.8, 4) is 11.3 Å². The fourth-order valence-electron chi connectivity index (χ4n) is 16.2. The first-order chi connectivity index (χ1) is 55.8. The molecule has 0 amide bonds. The van der Waals surface area contributed by atoms with Crippen molar-refractivity contribution in [1.82, 2.24) is 28.8 Å². The topological polar surface area (TPSA) is 88.6 Å². The van der Waals surface area contributed by atoms with E-state index in [2.05, 4.69) is 283 Å². The highest BCUT2D eigenvalue weighted by atomic mass is 32.1. The van der Waals surface area contributed by atoms with Crippen LogP contribution in [-0.4, -0.2) is 28.8 Å². The van der Waals surface area contributed by atoms with Crippen molar-refractivity contribution in [2.24, 2.45) is 0 Å². The molecule has 0 atom stereocenters. The molecule has 0 aliphatic carbocycles. The van der Waals surface area contributed by atoms with Crippen LogP contribution < -0.4 is 25.7 Å². The molecule has 0 aliphatic rings. The van der Waals surface area contributed by atoms with Gasteiger partial charge >= 0.3 is 0 Å². The monoisotopic (exact) mass is 1520 g/mol. The molecule has 10 nitrogen and oxygen atoms in total. The second kappa shape index (κ2) is 27.1. The Kier molecular flexibility index (Phi) is 15.9. The summed E-state index contributed by atoms with van der Waals surface area (Å²) < 4.78 is 34.4. The van der Waals surface area contributed by atoms with Crippen molar-refractivity contribution in [2.75, 3.05) is 9.80 Å². The number of anilines is 6. The summed E-state index contributed by atoms with van der Waals surface area (Å²) in [6, 6.07) is 127. The minimum Gasteiger partial charge on any atom is -0.456 e. The summed E-state index contributed by atoms with van der Waals surface area (Å²) in [4.78, 5) is 4.56. The van der Waals surface area contributed by atoms with Crippen molar-refractivity contribution >= 4 is 223 Å². The molecule has 0 unspecified atom stereocenters. The van der Waals surface area contributed by atoms with E-state index in [0.717, 1.165) is 111 Å². The third kappa shape index (κ3) is 11.7. The Balaban J connectivity index is 0.000000104. The van der Waals surface area contributed by atoms with Crippen LogP contribution in [0.1, 0.15) is 0 Å². The molecule has 534 valence electrons. The first kappa shape index (κ1) is 66.2. The van der Waals surface area contributed by atoms with E-state index in [9.17, 15) is 4.57 Å². The SMILES string of the molecule is O=P(c1ccccc1)(c1ccccc1)c1ccc(-c2cc3cc4ccccc4cn3n2)cc1.c1ccc2cn3nc(N(c4ccc5oc6ccccc6c5c4)c4ccc5sc6ccccc6c5c4)cc3cc2c1.c1ccc2cn3nc(N(c4ccc5sc6ccccc6c5c4)c4ccc5sc6ccccc6c5c4)cc3cc2c1. The highest BCUT2D eigenvalue weighted by Gasteiger charge is 2.30. The normalized spacial score (nSPS) is 11.9. The molecule has 0 aliphatic heterocycles. The molecule has 0 saturated heterocycles. The van der Waals surface area contributed by atoms with Gasteiger partial charge in [0.25, 0.3) is 0 Å². The lowest BCUT2D eigenvalue weighted by Gasteiger charge is -2.23. The lowest BCUT2D eigenvalue weighted by Crippen LogP contribution is -2.24. The van der Waals surface area contributed by atoms with E-state index in [1.807, 2.05) is 157 Å². The number of benzene rings is 14. The molecule has 24 rings (SSSR count). The summed E-state index contributed by atoms with van der Waals surface area (Å²) in [5.74, 6) is 1.76. The van der Waals surface area contributed by atoms with Gasteiger partial charge in [0.05, 0.1) is 22.2 Å². The second-order valence-electron chi connectivity index (χ2n) is 28.5. The number of pyridine rings is 3. The summed E-state index contributed by atoms with van der Waals surface area (Å²) in [5.41, 5.74) is 11.1. The van der Waals surface area contributed by atoms with Gasteiger partial charge in [0, 0.05) is 162 Å². The van der Waals surface area contributed by atoms with Crippen LogP contribution in [-0.2, 0) is 4.57 Å². The van der Waals surface area contributed by atoms with Crippen molar-refractivity contribution < 1.29 is 8.98 Å². The molecule has 10 aromatic heterocycles. The standard InChI is InChI=1S/C35H21N3OS.C35H21N3S2.C29H21N2OP/c1-2-8-23-21-37-26(17-22(23)7-1)20-35(36-37)38(24-13-15-32-29(18-24)27-9-3-5-11-31(27)39-32)25-14-16-34-30(19-25)28-10-4-6-12-33(28)40-34;1-2-8-23-21-37-26(17-22(23)7-1)20-35(36-37)38(24-13-15-33-29(18-24)27-9-3-5-11-31(27)39-33)25-14-16-34-30(19-25)28-10-4-6-12-32(28)40-34;32-33(26-11-3-1-4-12-26,27-13-5-2-6-14-27)28-17-15-22(16-18-28)29-20-25-19-23-9-7-8-10-24(23)21-31(25)30-29/h2*1-21H;1-21H. The van der Waals surface area contributed by atoms with Gasteiger partial charge in [-0.05, 0) is 137 Å². The number of hydrogen-bond donors (Lipinski definition) is 0. The molecule has 0 bridgehead atoms. The zero-order chi connectivity index (χ0) is 74.7. The zero-order valence-electron chi connectivity index (χ0n) is 60.4. The molecular weight excluding hydrogens is 1460 g/mol. The summed E-state index contributed by atoms with van der Waals surface area (Å²) in [6.45, 7) is 0. The van der Waals surface area contributed by atoms with Gasteiger partial charge in [-0.2, -0.15) is 5.10 Å². The number of furan rings is 1. The number of para-hydroxylation sites is 1. The van der Waals surface area contributed by atoms with Crippen molar-refractivity contribution in [2.45, 2.75) is 0 Å². The van der Waals surface area contributed by atoms with Gasteiger partial charge in [-0.25, -0.2) is 13.5 Å². The Hall–Kier alpha value is -13.8. The molecule has 14 heteroatoms. The smallest absolute Gasteiger partial charge is 0.171 e. The molecule has 0 N–H and O–H groups in total. The number of hydrogen-bond acceptors (Lipinski definition) is 10. The second-order valence-corrected chi connectivity index (χ2v) is 34.5. The molecule has 14 aromatic carbocycles. The van der Waals surface area contributed by atoms with Crippen molar-refractivity contribution in [1.29, 1.82) is 0 Å². The van der Waals surface area contributed by atoms with Crippen LogP contribution in [0.25, 0.3) is 143 Å². The molecule has 24 aromatic rings. The highest BCUT2D eigenvalue weighted by Crippen LogP contribution is 2.47. The van der Waals surface area contributed by atoms with Crippen molar-refractivity contribution in [3.05, 3.63) is 383 Å². The Bertz CT molecular complexity index is 7140. The van der Waals surface area contributed by atoms with E-state index in [-0.39, 0.29) is 0 Å². The third-order valence-electron chi connectivity index (χ3n) is 21.6. The van der Waals surface area contributed by atoms with E-state index in [4.69, 9.17) is 19.7 Å². The average Bonchev–Trinajstić information content (AvgIpc) is 1.73. The minimum atomic E-state index is -2.97. The maximum atomic E-state index is 14.5. The first-order valence-electron chi connectivity index (χ1n) is 37.5. The fourth-order valence-corrected chi connectivity index (χ4v) is 22.1. The maximum absolute atomic E-state index is 14.5. The summed E-state index contributed by atoms with van der Waals surface area (Å²) >= 11 is 5.53. The number of rotatable bonds is 10. The van der Waals surface area contributed by atoms with Crippen LogP contribution in [0.2, 0.25) is 0 Å². The highest BCUT2D eigenvalue weighted by molar-refractivity contribution is 7.85. The molecule has 10 heterocycles. The van der Waals surface area contributed by atoms with Gasteiger partial charge in [0.2, 0.25) is 0 Å². The van der Waals surface area contributed by atoms with E-state index < -0.39 is 7.14 Å². The third-order valence-corrected chi connectivity index (χ3v) is 28.2. The fraction of sp³-hybridized carbons (Fsp3) is 0. The molecule has 113 heavy (non-hydrogen) atoms. The van der Waals surface area contributed by atoms with Gasteiger partial charge in [-0.15, -0.1) is 44.2 Å². The Morgan fingerprint density at radius 1 is 0.265 bits per heavy atom. The molecule has 0 fully saturated rings. The van der Waals surface area contributed by atoms with Gasteiger partial charge in [0.1, 0.15) is 11.2 Å². The Morgan fingerprint density at radius 2 is 0.602 bits per heavy atom. The van der Waals surface area contributed by atoms with Crippen LogP contribution in [0, 0.1) is 0 Å². The number of thiophene rings is 3. The van der Waals surface area contributed by atoms with E-state index in [1.165, 1.54) is 82.1 Å². The number of fused-ring (bicyclic) bond motifs is 18. The molecule has 0 saturated carbocycles. The van der Waals surface area contributed by atoms with Gasteiger partial charge in [-0.1, -0.05) is 231 Å². The van der Waals surface area contributed by atoms with Gasteiger partial charge in [0.15, 0.2) is 18.8 Å². The lowest BCUT2D eigenvalue weighted by molar-refractivity contribution is 0.592. The van der Waals surface area contributed by atoms with E-state index in [1.54, 1.807) is 0 Å². The summed E-state index contributed by atoms with van der Waals surface area (Å²) in [6.07, 6.45) is 6.29. The largest absolute Gasteiger partial charge is 0.456 e. The maximum Gasteiger partial charge on any atom is 0.171 e. The van der Waals surface area contributed by atoms with Crippen LogP contribution in [0.15, 0.2) is 387 Å². The van der Waals surface area contributed by atoms with E-state index in [0.29, 0.717) is 0 Å². The van der Waals surface area contributed by atoms with Crippen LogP contribution in [0.5, 0.6) is 0 Å². The molecule has 0 radical (unpaired) electrons. The Morgan fingerprint density at radius 3 is 1.05 bits per heavy atom. The predicted octanol–water partition coefficient (Wildman–Crippen LogP) is 26.7. The van der Waals surface area contributed by atoms with Crippen molar-refractivity contribution in [3.63, 3.8) is 0 Å². The van der Waals surface area contributed by atoms with Gasteiger partial charge < -0.3 is 8.98 Å². The lowest BCUT2D eigenvalue weighted by atomic mass is 10.1. The number of aromatic nitrogens is 6. The summed E-state index contributed by atoms with van der Waals surface area (Å²) in [7, 11) is -2.97. The number of nitrogens with zero attached hydrogens (tertiary/aromatic N) is 8. The molecule has 0 spiro atoms. The average molecular weight is 1520 g/mol. The minimum absolute atomic E-state index is 0.818. The van der Waals surface area contributed by atoms with Gasteiger partial charge in [-0.3, -0.25) is 9.80 Å². The van der Waals surface area contributed by atoms with Crippen LogP contribution in [0.4, 0.5) is 34.4 Å². The zero-order valence-corrected chi connectivity index (χ0v) is 63.8.